The Morgan fingerprint density at radius 2 is 1.96 bits per heavy atom. The maximum absolute atomic E-state index is 12.4. The van der Waals surface area contributed by atoms with E-state index in [4.69, 9.17) is 0 Å². The molecule has 1 N–H and O–H groups in total. The first-order valence-corrected chi connectivity index (χ1v) is 9.44. The van der Waals surface area contributed by atoms with Crippen LogP contribution in [0.4, 0.5) is 5.13 Å². The summed E-state index contributed by atoms with van der Waals surface area (Å²) in [5.41, 5.74) is 2.85. The van der Waals surface area contributed by atoms with Gasteiger partial charge >= 0.3 is 0 Å². The van der Waals surface area contributed by atoms with E-state index in [-0.39, 0.29) is 5.91 Å². The van der Waals surface area contributed by atoms with Crippen molar-refractivity contribution in [2.45, 2.75) is 25.2 Å². The summed E-state index contributed by atoms with van der Waals surface area (Å²) in [6.45, 7) is 4.23. The number of hydrogen-bond acceptors (Lipinski definition) is 4. The number of para-hydroxylation sites is 1. The smallest absolute Gasteiger partial charge is 0.257 e. The summed E-state index contributed by atoms with van der Waals surface area (Å²) in [7, 11) is 0. The van der Waals surface area contributed by atoms with Crippen LogP contribution < -0.4 is 5.32 Å². The molecule has 0 fully saturated rings. The topological polar surface area (TPSA) is 42.0 Å². The fraction of sp³-hybridized carbons (Fsp3) is 0.222. The fourth-order valence-electron chi connectivity index (χ4n) is 2.38. The molecule has 1 heterocycles. The first kappa shape index (κ1) is 16.0. The van der Waals surface area contributed by atoms with E-state index in [0.717, 1.165) is 22.4 Å². The zero-order valence-corrected chi connectivity index (χ0v) is 14.8. The van der Waals surface area contributed by atoms with Crippen LogP contribution in [0.15, 0.2) is 47.4 Å². The third-order valence-electron chi connectivity index (χ3n) is 3.53. The van der Waals surface area contributed by atoms with Crippen LogP contribution in [0.1, 0.15) is 29.8 Å². The van der Waals surface area contributed by atoms with Crippen LogP contribution in [0, 0.1) is 0 Å². The summed E-state index contributed by atoms with van der Waals surface area (Å²) in [4.78, 5) is 18.1. The van der Waals surface area contributed by atoms with Gasteiger partial charge in [-0.15, -0.1) is 11.8 Å². The lowest BCUT2D eigenvalue weighted by Gasteiger charge is -2.03. The molecule has 1 amide bonds. The van der Waals surface area contributed by atoms with Crippen molar-refractivity contribution in [3.8, 4) is 0 Å². The number of carbonyl (C=O) groups is 1. The number of rotatable bonds is 5. The molecule has 5 heteroatoms. The van der Waals surface area contributed by atoms with Crippen LogP contribution in [-0.2, 0) is 6.42 Å². The lowest BCUT2D eigenvalue weighted by Crippen LogP contribution is -2.11. The standard InChI is InChI=1S/C18H18N2OS2/c1-3-12-6-5-7-15-16(12)19-18(23-15)20-17(21)13-8-10-14(11-9-13)22-4-2/h5-11H,3-4H2,1-2H3,(H,19,20,21). The Morgan fingerprint density at radius 1 is 1.17 bits per heavy atom. The molecule has 0 aliphatic heterocycles. The second kappa shape index (κ2) is 7.15. The highest BCUT2D eigenvalue weighted by Crippen LogP contribution is 2.29. The van der Waals surface area contributed by atoms with Crippen LogP contribution in [0.2, 0.25) is 0 Å². The number of carbonyl (C=O) groups excluding carboxylic acids is 1. The number of nitrogens with zero attached hydrogens (tertiary/aromatic N) is 1. The summed E-state index contributed by atoms with van der Waals surface area (Å²) < 4.78 is 1.11. The average molecular weight is 342 g/mol. The van der Waals surface area contributed by atoms with Gasteiger partial charge in [-0.1, -0.05) is 37.3 Å². The number of thiazole rings is 1. The van der Waals surface area contributed by atoms with Crippen LogP contribution in [0.25, 0.3) is 10.2 Å². The van der Waals surface area contributed by atoms with Gasteiger partial charge in [0.05, 0.1) is 10.2 Å². The molecule has 0 atom stereocenters. The van der Waals surface area contributed by atoms with Crippen molar-refractivity contribution >= 4 is 44.4 Å². The van der Waals surface area contributed by atoms with Gasteiger partial charge in [0.15, 0.2) is 5.13 Å². The molecule has 0 saturated carbocycles. The molecule has 0 radical (unpaired) electrons. The number of fused-ring (bicyclic) bond motifs is 1. The van der Waals surface area contributed by atoms with Gasteiger partial charge in [0, 0.05) is 10.5 Å². The minimum Gasteiger partial charge on any atom is -0.298 e. The predicted octanol–water partition coefficient (Wildman–Crippen LogP) is 5.22. The van der Waals surface area contributed by atoms with Crippen molar-refractivity contribution < 1.29 is 4.79 Å². The molecule has 1 aromatic heterocycles. The Bertz CT molecular complexity index is 825. The Morgan fingerprint density at radius 3 is 2.65 bits per heavy atom. The van der Waals surface area contributed by atoms with E-state index in [1.165, 1.54) is 21.8 Å². The minimum atomic E-state index is -0.116. The van der Waals surface area contributed by atoms with E-state index in [1.807, 2.05) is 36.4 Å². The number of hydrogen-bond donors (Lipinski definition) is 1. The molecule has 3 nitrogen and oxygen atoms in total. The predicted molar refractivity (Wildman–Crippen MR) is 99.8 cm³/mol. The fourth-order valence-corrected chi connectivity index (χ4v) is 3.95. The molecule has 118 valence electrons. The van der Waals surface area contributed by atoms with Crippen molar-refractivity contribution in [2.24, 2.45) is 0 Å². The molecule has 2 aromatic carbocycles. The number of amides is 1. The Balaban J connectivity index is 1.79. The van der Waals surface area contributed by atoms with Gasteiger partial charge in [0.1, 0.15) is 0 Å². The zero-order valence-electron chi connectivity index (χ0n) is 13.1. The molecular formula is C18H18N2OS2. The summed E-state index contributed by atoms with van der Waals surface area (Å²) in [5.74, 6) is 0.909. The highest BCUT2D eigenvalue weighted by atomic mass is 32.2. The first-order chi connectivity index (χ1) is 11.2. The van der Waals surface area contributed by atoms with Gasteiger partial charge in [-0.05, 0) is 48.1 Å². The maximum Gasteiger partial charge on any atom is 0.257 e. The average Bonchev–Trinajstić information content (AvgIpc) is 2.98. The van der Waals surface area contributed by atoms with Gasteiger partial charge in [0.25, 0.3) is 5.91 Å². The van der Waals surface area contributed by atoms with Gasteiger partial charge in [0.2, 0.25) is 0 Å². The van der Waals surface area contributed by atoms with E-state index in [9.17, 15) is 4.79 Å². The number of aryl methyl sites for hydroxylation is 1. The van der Waals surface area contributed by atoms with Crippen LogP contribution in [-0.4, -0.2) is 16.6 Å². The van der Waals surface area contributed by atoms with Crippen molar-refractivity contribution in [1.82, 2.24) is 4.98 Å². The molecule has 0 bridgehead atoms. The second-order valence-corrected chi connectivity index (χ2v) is 7.42. The largest absolute Gasteiger partial charge is 0.298 e. The Kier molecular flexibility index (Phi) is 4.98. The number of thioether (sulfide) groups is 1. The monoisotopic (exact) mass is 342 g/mol. The lowest BCUT2D eigenvalue weighted by atomic mass is 10.1. The number of nitrogens with one attached hydrogen (secondary N) is 1. The molecule has 0 spiro atoms. The lowest BCUT2D eigenvalue weighted by molar-refractivity contribution is 0.102. The van der Waals surface area contributed by atoms with E-state index in [0.29, 0.717) is 10.7 Å². The molecule has 23 heavy (non-hydrogen) atoms. The van der Waals surface area contributed by atoms with E-state index < -0.39 is 0 Å². The molecule has 0 aliphatic rings. The highest BCUT2D eigenvalue weighted by Gasteiger charge is 2.11. The first-order valence-electron chi connectivity index (χ1n) is 7.64. The van der Waals surface area contributed by atoms with Crippen molar-refractivity contribution in [3.05, 3.63) is 53.6 Å². The number of aromatic nitrogens is 1. The van der Waals surface area contributed by atoms with E-state index >= 15 is 0 Å². The Labute approximate surface area is 144 Å². The van der Waals surface area contributed by atoms with Crippen LogP contribution in [0.3, 0.4) is 0 Å². The van der Waals surface area contributed by atoms with E-state index in [1.54, 1.807) is 11.8 Å². The van der Waals surface area contributed by atoms with Gasteiger partial charge < -0.3 is 0 Å². The quantitative estimate of drug-likeness (QED) is 0.646. The Hall–Kier alpha value is -1.85. The molecule has 0 aliphatic carbocycles. The molecule has 0 saturated heterocycles. The number of benzene rings is 2. The zero-order chi connectivity index (χ0) is 16.2. The van der Waals surface area contributed by atoms with E-state index in [2.05, 4.69) is 30.2 Å². The summed E-state index contributed by atoms with van der Waals surface area (Å²) in [6.07, 6.45) is 0.936. The maximum atomic E-state index is 12.4. The summed E-state index contributed by atoms with van der Waals surface area (Å²) >= 11 is 3.28. The van der Waals surface area contributed by atoms with Gasteiger partial charge in [-0.25, -0.2) is 4.98 Å². The van der Waals surface area contributed by atoms with Gasteiger partial charge in [-0.2, -0.15) is 0 Å². The second-order valence-electron chi connectivity index (χ2n) is 5.05. The normalized spacial score (nSPS) is 10.9. The molecule has 3 aromatic rings. The van der Waals surface area contributed by atoms with Crippen LogP contribution in [0.5, 0.6) is 0 Å². The summed E-state index contributed by atoms with van der Waals surface area (Å²) in [6, 6.07) is 13.8. The molecule has 0 unspecified atom stereocenters. The van der Waals surface area contributed by atoms with Crippen molar-refractivity contribution in [1.29, 1.82) is 0 Å². The van der Waals surface area contributed by atoms with Crippen LogP contribution >= 0.6 is 23.1 Å². The summed E-state index contributed by atoms with van der Waals surface area (Å²) in [5, 5.41) is 3.56. The number of anilines is 1. The SMILES string of the molecule is CCSc1ccc(C(=O)Nc2nc3c(CC)cccc3s2)cc1. The van der Waals surface area contributed by atoms with Crippen molar-refractivity contribution in [3.63, 3.8) is 0 Å². The minimum absolute atomic E-state index is 0.116. The molecular weight excluding hydrogens is 324 g/mol. The highest BCUT2D eigenvalue weighted by molar-refractivity contribution is 7.99. The molecule has 3 rings (SSSR count). The third-order valence-corrected chi connectivity index (χ3v) is 5.36. The third kappa shape index (κ3) is 3.57. The van der Waals surface area contributed by atoms with Crippen molar-refractivity contribution in [2.75, 3.05) is 11.1 Å². The van der Waals surface area contributed by atoms with Gasteiger partial charge in [-0.3, -0.25) is 10.1 Å².